The molecule has 0 saturated heterocycles. The molecule has 24 radical (unpaired) electrons. The number of halogens is 12. The molecule has 342 valence electrons. The minimum atomic E-state index is -2.25. The van der Waals surface area contributed by atoms with Crippen molar-refractivity contribution in [2.75, 3.05) is 0 Å². The van der Waals surface area contributed by atoms with Crippen LogP contribution in [-0.4, -0.2) is 94.2 Å². The number of rotatable bonds is 6. The van der Waals surface area contributed by atoms with Gasteiger partial charge in [-0.05, 0) is 33.4 Å². The van der Waals surface area contributed by atoms with Crippen LogP contribution in [0, 0.1) is 138 Å². The Labute approximate surface area is 448 Å². The molecule has 6 nitrogen and oxygen atoms in total. The molecule has 1 aliphatic rings. The van der Waals surface area contributed by atoms with Crippen molar-refractivity contribution in [3.63, 3.8) is 0 Å². The number of hydrogen-bond donors (Lipinski definition) is 0. The molecule has 1 fully saturated rings. The summed E-state index contributed by atoms with van der Waals surface area (Å²) in [4.78, 5) is 0. The van der Waals surface area contributed by atoms with Gasteiger partial charge in [0.2, 0.25) is 0 Å². The summed E-state index contributed by atoms with van der Waals surface area (Å²) >= 11 is 0. The Morgan fingerprint density at radius 1 is 0.231 bits per heavy atom. The second kappa shape index (κ2) is 20.4. The van der Waals surface area contributed by atoms with Crippen molar-refractivity contribution in [1.29, 1.82) is 31.6 Å². The highest BCUT2D eigenvalue weighted by atomic mass is 19.2. The second-order valence-electron chi connectivity index (χ2n) is 16.2. The highest BCUT2D eigenvalue weighted by Gasteiger charge is 2.44. The monoisotopic (exact) mass is 1020 g/mol. The molecule has 0 unspecified atom stereocenters. The molecule has 0 aromatic heterocycles. The minimum absolute atomic E-state index is 0.759. The van der Waals surface area contributed by atoms with Crippen molar-refractivity contribution in [3.8, 4) is 69.8 Å². The maximum Gasteiger partial charge on any atom is 0.180 e. The van der Waals surface area contributed by atoms with E-state index in [1.807, 2.05) is 0 Å². The summed E-state index contributed by atoms with van der Waals surface area (Å²) in [5.41, 5.74) is -34.2. The average molecular weight is 1020 g/mol. The lowest BCUT2D eigenvalue weighted by molar-refractivity contribution is 0.454. The molecule has 7 rings (SSSR count). The Morgan fingerprint density at radius 2 is 0.385 bits per heavy atom. The van der Waals surface area contributed by atoms with E-state index in [0.717, 1.165) is 18.2 Å². The first-order chi connectivity index (χ1) is 36.5. The van der Waals surface area contributed by atoms with Gasteiger partial charge in [-0.3, -0.25) is 0 Å². The molecule has 0 aliphatic heterocycles. The van der Waals surface area contributed by atoms with E-state index in [1.54, 1.807) is 18.2 Å². The first-order valence-corrected chi connectivity index (χ1v) is 20.6. The zero-order valence-electron chi connectivity index (χ0n) is 38.1. The summed E-state index contributed by atoms with van der Waals surface area (Å²) in [6.07, 6.45) is 0. The van der Waals surface area contributed by atoms with Gasteiger partial charge in [0.15, 0.2) is 69.8 Å². The van der Waals surface area contributed by atoms with Gasteiger partial charge in [-0.25, -0.2) is 52.7 Å². The number of allylic oxidation sites excluding steroid dienone is 6. The van der Waals surface area contributed by atoms with Crippen LogP contribution >= 0.6 is 0 Å². The number of nitrogens with zero attached hydrogens (tertiary/aromatic N) is 6. The fourth-order valence-corrected chi connectivity index (χ4v) is 8.60. The van der Waals surface area contributed by atoms with E-state index in [4.69, 9.17) is 110 Å². The number of nitriles is 6. The molecular weight excluding hydrogens is 1020 g/mol. The predicted octanol–water partition coefficient (Wildman–Crippen LogP) is -2.26. The van der Waals surface area contributed by atoms with Crippen molar-refractivity contribution in [3.05, 3.63) is 120 Å². The van der Waals surface area contributed by atoms with E-state index in [-0.39, 0.29) is 0 Å². The molecule has 1 saturated carbocycles. The Balaban J connectivity index is 1.68. The SMILES string of the molecule is [B]c1c([B])c(-c2c(F)c(F)c(C#N)c(F)c2F)c([B])c([B])c1C(C#N)=C1C(=C(C#N)c2c([B])c([B])c(-c3c(F)c(F)c(C#N)c(F)c3F)c([B])c2[B])C1=C(C#N)c1c([B])c([B])c(-c2c(F)c(F)c(C#N)c(F)c2F)c([B])c1[B]. The molecule has 1 aliphatic carbocycles. The third kappa shape index (κ3) is 7.95. The summed E-state index contributed by atoms with van der Waals surface area (Å²) in [6, 6.07) is 7.64. The largest absolute Gasteiger partial charge is 0.203 e. The van der Waals surface area contributed by atoms with Gasteiger partial charge in [-0.1, -0.05) is 65.6 Å². The third-order valence-corrected chi connectivity index (χ3v) is 12.4. The first kappa shape index (κ1) is 57.1. The van der Waals surface area contributed by atoms with Crippen LogP contribution in [0.3, 0.4) is 0 Å². The fourth-order valence-electron chi connectivity index (χ4n) is 8.60. The van der Waals surface area contributed by atoms with Crippen LogP contribution in [0.15, 0.2) is 16.7 Å². The van der Waals surface area contributed by atoms with E-state index in [0.29, 0.717) is 0 Å². The molecule has 0 bridgehead atoms. The van der Waals surface area contributed by atoms with Crippen LogP contribution < -0.4 is 65.6 Å². The van der Waals surface area contributed by atoms with Crippen LogP contribution in [-0.2, 0) is 0 Å². The van der Waals surface area contributed by atoms with Gasteiger partial charge < -0.3 is 0 Å². The summed E-state index contributed by atoms with van der Waals surface area (Å²) in [6.45, 7) is 0. The fraction of sp³-hybridized carbons (Fsp3) is 0. The van der Waals surface area contributed by atoms with Crippen LogP contribution in [0.2, 0.25) is 0 Å². The van der Waals surface area contributed by atoms with E-state index in [9.17, 15) is 42.1 Å². The van der Waals surface area contributed by atoms with Crippen LogP contribution in [0.25, 0.3) is 50.1 Å². The van der Waals surface area contributed by atoms with Crippen LogP contribution in [0.5, 0.6) is 0 Å². The van der Waals surface area contributed by atoms with Crippen molar-refractivity contribution in [2.24, 2.45) is 0 Å². The van der Waals surface area contributed by atoms with Crippen LogP contribution in [0.4, 0.5) is 52.7 Å². The third-order valence-electron chi connectivity index (χ3n) is 12.4. The summed E-state index contributed by atoms with van der Waals surface area (Å²) in [5, 5.41) is 60.2. The molecule has 0 spiro atoms. The van der Waals surface area contributed by atoms with E-state index >= 15 is 26.3 Å². The van der Waals surface area contributed by atoms with Gasteiger partial charge in [-0.2, -0.15) is 31.6 Å². The molecule has 0 atom stereocenters. The second-order valence-corrected chi connectivity index (χ2v) is 16.2. The van der Waals surface area contributed by atoms with Gasteiger partial charge in [-0.15, -0.1) is 0 Å². The molecule has 0 amide bonds. The van der Waals surface area contributed by atoms with Gasteiger partial charge in [0.25, 0.3) is 0 Å². The van der Waals surface area contributed by atoms with Gasteiger partial charge in [0.1, 0.15) is 147 Å². The Kier molecular flexibility index (Phi) is 15.0. The standard InChI is InChI=1S/C48B12F12N6/c49-25-16(26(50)32(56)19(31(25)55)22-43(67)37(61)10(4-76)38(62)44(22)68)7(1-73)13-14(8(2-74)17-27(51)33(57)20(34(58)28(17)52)23-45(69)39(63)11(5-77)40(64)46(23)70)15(13)9(3-75)18-29(53)35(59)21(36(60)30(18)54)24-47(71)41(65)12(6-78)42(66)48(24)72. The highest BCUT2D eigenvalue weighted by molar-refractivity contribution is 6.64. The number of hydrogen-bond acceptors (Lipinski definition) is 6. The lowest BCUT2D eigenvalue weighted by Gasteiger charge is -2.23. The molecule has 6 aromatic carbocycles. The Bertz CT molecular complexity index is 3670. The lowest BCUT2D eigenvalue weighted by atomic mass is 9.62. The topological polar surface area (TPSA) is 143 Å². The highest BCUT2D eigenvalue weighted by Crippen LogP contribution is 2.55. The van der Waals surface area contributed by atoms with Crippen molar-refractivity contribution in [1.82, 2.24) is 0 Å². The van der Waals surface area contributed by atoms with E-state index < -0.39 is 236 Å². The maximum atomic E-state index is 15.5. The predicted molar refractivity (Wildman–Crippen MR) is 272 cm³/mol. The van der Waals surface area contributed by atoms with E-state index in [2.05, 4.69) is 0 Å². The first-order valence-electron chi connectivity index (χ1n) is 20.6. The Morgan fingerprint density at radius 3 is 0.513 bits per heavy atom. The maximum absolute atomic E-state index is 15.5. The molecule has 6 aromatic rings. The lowest BCUT2D eigenvalue weighted by Crippen LogP contribution is -2.46. The summed E-state index contributed by atoms with van der Waals surface area (Å²) < 4.78 is 183. The van der Waals surface area contributed by atoms with Crippen LogP contribution in [0.1, 0.15) is 33.4 Å². The zero-order valence-corrected chi connectivity index (χ0v) is 38.1. The molecular formula is C48B12F12N6. The molecule has 30 heteroatoms. The zero-order chi connectivity index (χ0) is 58.5. The molecule has 0 N–H and O–H groups in total. The number of benzene rings is 6. The van der Waals surface area contributed by atoms with Crippen molar-refractivity contribution < 1.29 is 52.7 Å². The smallest absolute Gasteiger partial charge is 0.180 e. The molecule has 78 heavy (non-hydrogen) atoms. The average Bonchev–Trinajstić information content (AvgIpc) is 4.30. The van der Waals surface area contributed by atoms with Gasteiger partial charge >= 0.3 is 0 Å². The van der Waals surface area contributed by atoms with Gasteiger partial charge in [0.05, 0.1) is 33.4 Å². The van der Waals surface area contributed by atoms with E-state index in [1.165, 1.54) is 0 Å². The summed E-state index contributed by atoms with van der Waals surface area (Å²) in [7, 11) is 75.2. The Hall–Kier alpha value is -8.58. The quantitative estimate of drug-likeness (QED) is 0.0800. The van der Waals surface area contributed by atoms with Crippen molar-refractivity contribution in [2.45, 2.75) is 0 Å². The minimum Gasteiger partial charge on any atom is -0.203 e. The summed E-state index contributed by atoms with van der Waals surface area (Å²) in [5.74, 6) is -26.9. The normalized spacial score (nSPS) is 11.5. The van der Waals surface area contributed by atoms with Gasteiger partial charge in [0, 0.05) is 16.7 Å². The molecule has 0 heterocycles. The van der Waals surface area contributed by atoms with Crippen molar-refractivity contribution >= 4 is 176 Å².